The van der Waals surface area contributed by atoms with Gasteiger partial charge in [-0.1, -0.05) is 6.07 Å². The lowest BCUT2D eigenvalue weighted by Crippen LogP contribution is -2.19. The van der Waals surface area contributed by atoms with Gasteiger partial charge in [0.15, 0.2) is 0 Å². The van der Waals surface area contributed by atoms with E-state index in [-0.39, 0.29) is 13.2 Å². The maximum Gasteiger partial charge on any atom is 0.411 e. The minimum absolute atomic E-state index is 0.0243. The summed E-state index contributed by atoms with van der Waals surface area (Å²) in [6.07, 6.45) is -1.12. The molecule has 0 aliphatic heterocycles. The van der Waals surface area contributed by atoms with Crippen LogP contribution in [0.4, 0.5) is 13.2 Å². The van der Waals surface area contributed by atoms with Crippen LogP contribution in [0.15, 0.2) is 18.3 Å². The highest BCUT2D eigenvalue weighted by atomic mass is 19.4. The molecule has 0 aliphatic rings. The summed E-state index contributed by atoms with van der Waals surface area (Å²) in [7, 11) is 0. The topological polar surface area (TPSA) is 31.4 Å². The summed E-state index contributed by atoms with van der Waals surface area (Å²) >= 11 is 0. The summed E-state index contributed by atoms with van der Waals surface area (Å²) in [5.41, 5.74) is 0.839. The molecule has 0 amide bonds. The predicted molar refractivity (Wildman–Crippen MR) is 55.4 cm³/mol. The lowest BCUT2D eigenvalue weighted by molar-refractivity contribution is -0.175. The lowest BCUT2D eigenvalue weighted by Gasteiger charge is -2.08. The quantitative estimate of drug-likeness (QED) is 0.723. The number of pyridine rings is 1. The number of alkyl halides is 3. The van der Waals surface area contributed by atoms with E-state index in [2.05, 4.69) is 16.6 Å². The Morgan fingerprint density at radius 2 is 2.06 bits per heavy atom. The third kappa shape index (κ3) is 6.11. The summed E-state index contributed by atoms with van der Waals surface area (Å²) < 4.78 is 44.6. The van der Waals surface area contributed by atoms with E-state index in [0.717, 1.165) is 5.56 Å². The molecule has 1 aromatic rings. The molecule has 0 saturated carbocycles. The second kappa shape index (κ2) is 6.44. The van der Waals surface area contributed by atoms with E-state index in [4.69, 9.17) is 4.74 Å². The first-order valence-electron chi connectivity index (χ1n) is 4.87. The van der Waals surface area contributed by atoms with Crippen LogP contribution in [0.3, 0.4) is 0 Å². The molecule has 94 valence electrons. The van der Waals surface area contributed by atoms with Gasteiger partial charge in [0, 0.05) is 12.3 Å². The van der Waals surface area contributed by atoms with Gasteiger partial charge < -0.3 is 9.47 Å². The number of nitrogens with zero attached hydrogens (tertiary/aromatic N) is 1. The van der Waals surface area contributed by atoms with Crippen molar-refractivity contribution >= 4 is 0 Å². The van der Waals surface area contributed by atoms with Crippen molar-refractivity contribution in [3.05, 3.63) is 37.2 Å². The molecule has 0 saturated heterocycles. The molecule has 0 N–H and O–H groups in total. The van der Waals surface area contributed by atoms with Gasteiger partial charge in [0.05, 0.1) is 6.61 Å². The van der Waals surface area contributed by atoms with Gasteiger partial charge >= 0.3 is 6.18 Å². The van der Waals surface area contributed by atoms with Gasteiger partial charge in [-0.05, 0) is 18.9 Å². The van der Waals surface area contributed by atoms with Crippen LogP contribution in [0.5, 0.6) is 5.88 Å². The fraction of sp³-hybridized carbons (Fsp3) is 0.364. The molecule has 0 unspecified atom stereocenters. The summed E-state index contributed by atoms with van der Waals surface area (Å²) in [4.78, 5) is 3.92. The molecule has 2 radical (unpaired) electrons. The molecule has 1 heterocycles. The highest BCUT2D eigenvalue weighted by Crippen LogP contribution is 2.14. The molecular formula is C11H12F3NO2. The molecule has 0 fully saturated rings. The van der Waals surface area contributed by atoms with Crippen LogP contribution in [-0.4, -0.2) is 31.0 Å². The second-order valence-corrected chi connectivity index (χ2v) is 3.15. The third-order valence-electron chi connectivity index (χ3n) is 1.74. The zero-order valence-corrected chi connectivity index (χ0v) is 9.04. The first-order chi connectivity index (χ1) is 8.01. The van der Waals surface area contributed by atoms with E-state index in [9.17, 15) is 13.2 Å². The molecule has 0 spiro atoms. The number of halogens is 3. The summed E-state index contributed by atoms with van der Waals surface area (Å²) in [6, 6.07) is 3.35. The largest absolute Gasteiger partial charge is 0.475 e. The third-order valence-corrected chi connectivity index (χ3v) is 1.74. The average Bonchev–Trinajstić information content (AvgIpc) is 2.28. The number of ether oxygens (including phenoxy) is 2. The van der Waals surface area contributed by atoms with E-state index in [1.54, 1.807) is 24.8 Å². The molecule has 0 atom stereocenters. The smallest absolute Gasteiger partial charge is 0.411 e. The lowest BCUT2D eigenvalue weighted by atomic mass is 10.2. The summed E-state index contributed by atoms with van der Waals surface area (Å²) in [5, 5.41) is 0. The van der Waals surface area contributed by atoms with Crippen LogP contribution in [0.2, 0.25) is 0 Å². The normalized spacial score (nSPS) is 11.5. The zero-order chi connectivity index (χ0) is 12.7. The standard InChI is InChI=1S/C11H12F3NO2/c1-2-9-3-4-10(15-7-9)17-6-5-16-8-11(12,13)14/h2-4,7H,1,5-6,8H2. The number of hydrogen-bond acceptors (Lipinski definition) is 3. The first-order valence-corrected chi connectivity index (χ1v) is 4.87. The molecule has 3 nitrogen and oxygen atoms in total. The minimum atomic E-state index is -4.30. The van der Waals surface area contributed by atoms with Crippen molar-refractivity contribution in [3.63, 3.8) is 0 Å². The molecule has 0 bridgehead atoms. The monoisotopic (exact) mass is 247 g/mol. The van der Waals surface area contributed by atoms with Crippen molar-refractivity contribution in [1.29, 1.82) is 0 Å². The van der Waals surface area contributed by atoms with Gasteiger partial charge in [-0.15, -0.1) is 0 Å². The number of hydrogen-bond donors (Lipinski definition) is 0. The van der Waals surface area contributed by atoms with Gasteiger partial charge in [0.25, 0.3) is 0 Å². The Balaban J connectivity index is 2.18. The van der Waals surface area contributed by atoms with Crippen molar-refractivity contribution in [2.45, 2.75) is 6.18 Å². The van der Waals surface area contributed by atoms with Crippen LogP contribution in [0.1, 0.15) is 5.56 Å². The molecule has 1 aromatic heterocycles. The van der Waals surface area contributed by atoms with E-state index in [1.165, 1.54) is 0 Å². The highest BCUT2D eigenvalue weighted by Gasteiger charge is 2.27. The van der Waals surface area contributed by atoms with Crippen molar-refractivity contribution in [2.24, 2.45) is 0 Å². The molecule has 1 rings (SSSR count). The Morgan fingerprint density at radius 3 is 2.59 bits per heavy atom. The van der Waals surface area contributed by atoms with Crippen molar-refractivity contribution in [1.82, 2.24) is 4.98 Å². The summed E-state index contributed by atoms with van der Waals surface area (Å²) in [6.45, 7) is 2.19. The van der Waals surface area contributed by atoms with E-state index in [1.807, 2.05) is 0 Å². The molecule has 6 heteroatoms. The maximum atomic E-state index is 11.7. The predicted octanol–water partition coefficient (Wildman–Crippen LogP) is 2.43. The van der Waals surface area contributed by atoms with Crippen LogP contribution < -0.4 is 4.74 Å². The van der Waals surface area contributed by atoms with Gasteiger partial charge in [-0.2, -0.15) is 13.2 Å². The molecule has 0 aromatic carbocycles. The van der Waals surface area contributed by atoms with Crippen molar-refractivity contribution in [2.75, 3.05) is 19.8 Å². The van der Waals surface area contributed by atoms with Gasteiger partial charge in [-0.3, -0.25) is 0 Å². The SMILES string of the molecule is [CH2][CH]c1ccc(OCCOCC(F)(F)F)nc1. The zero-order valence-electron chi connectivity index (χ0n) is 9.04. The average molecular weight is 247 g/mol. The van der Waals surface area contributed by atoms with Gasteiger partial charge in [0.2, 0.25) is 5.88 Å². The van der Waals surface area contributed by atoms with Gasteiger partial charge in [-0.25, -0.2) is 4.98 Å². The molecular weight excluding hydrogens is 235 g/mol. The fourth-order valence-corrected chi connectivity index (χ4v) is 0.991. The Bertz CT molecular complexity index is 324. The number of rotatable bonds is 6. The molecule has 0 aliphatic carbocycles. The summed E-state index contributed by atoms with van der Waals surface area (Å²) in [5.74, 6) is 0.339. The van der Waals surface area contributed by atoms with Crippen molar-refractivity contribution < 1.29 is 22.6 Å². The minimum Gasteiger partial charge on any atom is -0.475 e. The van der Waals surface area contributed by atoms with E-state index >= 15 is 0 Å². The Labute approximate surface area is 97.6 Å². The van der Waals surface area contributed by atoms with Crippen LogP contribution in [0.25, 0.3) is 0 Å². The fourth-order valence-electron chi connectivity index (χ4n) is 0.991. The second-order valence-electron chi connectivity index (χ2n) is 3.15. The Kier molecular flexibility index (Phi) is 5.21. The van der Waals surface area contributed by atoms with Crippen LogP contribution in [-0.2, 0) is 4.74 Å². The number of aromatic nitrogens is 1. The Hall–Kier alpha value is -1.30. The van der Waals surface area contributed by atoms with Crippen molar-refractivity contribution in [3.8, 4) is 5.88 Å². The molecule has 17 heavy (non-hydrogen) atoms. The van der Waals surface area contributed by atoms with Crippen LogP contribution >= 0.6 is 0 Å². The van der Waals surface area contributed by atoms with E-state index < -0.39 is 12.8 Å². The van der Waals surface area contributed by atoms with Gasteiger partial charge in [0.1, 0.15) is 13.2 Å². The van der Waals surface area contributed by atoms with E-state index in [0.29, 0.717) is 5.88 Å². The first kappa shape index (κ1) is 13.8. The Morgan fingerprint density at radius 1 is 1.29 bits per heavy atom. The highest BCUT2D eigenvalue weighted by molar-refractivity contribution is 5.24. The maximum absolute atomic E-state index is 11.7. The van der Waals surface area contributed by atoms with Crippen LogP contribution in [0, 0.1) is 13.3 Å².